The van der Waals surface area contributed by atoms with Crippen molar-refractivity contribution < 1.29 is 18.0 Å². The number of alkyl halides is 3. The minimum absolute atomic E-state index is 0.0263. The quantitative estimate of drug-likeness (QED) is 0.800. The summed E-state index contributed by atoms with van der Waals surface area (Å²) < 4.78 is 40.0. The molecule has 2 aromatic heterocycles. The Labute approximate surface area is 146 Å². The van der Waals surface area contributed by atoms with E-state index in [1.165, 1.54) is 6.92 Å². The van der Waals surface area contributed by atoms with Crippen molar-refractivity contribution in [3.8, 4) is 12.3 Å². The molecular formula is C16H15F3N6O. The number of carbonyl (C=O) groups excluding carboxylic acids is 1. The van der Waals surface area contributed by atoms with E-state index >= 15 is 0 Å². The van der Waals surface area contributed by atoms with Crippen LogP contribution < -0.4 is 5.32 Å². The molecule has 0 atom stereocenters. The van der Waals surface area contributed by atoms with Crippen LogP contribution in [0, 0.1) is 19.3 Å². The SMILES string of the molecule is C#CCCC1(CCNC(=O)c2cnn3c(C(F)(F)F)cc(C)nc23)N=N1. The van der Waals surface area contributed by atoms with Crippen molar-refractivity contribution in [3.05, 3.63) is 29.2 Å². The molecule has 1 N–H and O–H groups in total. The monoisotopic (exact) mass is 364 g/mol. The first-order valence-electron chi connectivity index (χ1n) is 7.84. The van der Waals surface area contributed by atoms with Gasteiger partial charge >= 0.3 is 6.18 Å². The third kappa shape index (κ3) is 3.51. The van der Waals surface area contributed by atoms with Crippen molar-refractivity contribution in [1.29, 1.82) is 0 Å². The first kappa shape index (κ1) is 17.8. The number of fused-ring (bicyclic) bond motifs is 1. The highest BCUT2D eigenvalue weighted by Gasteiger charge is 2.39. The van der Waals surface area contributed by atoms with E-state index in [-0.39, 0.29) is 23.4 Å². The van der Waals surface area contributed by atoms with Crippen molar-refractivity contribution >= 4 is 11.6 Å². The van der Waals surface area contributed by atoms with Gasteiger partial charge in [-0.15, -0.1) is 12.3 Å². The number of aryl methyl sites for hydroxylation is 1. The number of carbonyl (C=O) groups is 1. The van der Waals surface area contributed by atoms with Gasteiger partial charge in [0, 0.05) is 31.5 Å². The molecule has 26 heavy (non-hydrogen) atoms. The van der Waals surface area contributed by atoms with Crippen LogP contribution in [0.2, 0.25) is 0 Å². The first-order valence-corrected chi connectivity index (χ1v) is 7.84. The molecule has 2 aromatic rings. The Kier molecular flexibility index (Phi) is 4.39. The van der Waals surface area contributed by atoms with Crippen LogP contribution >= 0.6 is 0 Å². The summed E-state index contributed by atoms with van der Waals surface area (Å²) in [7, 11) is 0. The standard InChI is InChI=1S/C16H15F3N6O/c1-3-4-5-15(23-24-15)6-7-20-14(26)11-9-21-25-12(16(17,18)19)8-10(2)22-13(11)25/h1,8-9H,4-7H2,2H3,(H,20,26). The van der Waals surface area contributed by atoms with Gasteiger partial charge in [0.15, 0.2) is 11.3 Å². The molecule has 0 saturated carbocycles. The third-order valence-corrected chi connectivity index (χ3v) is 4.00. The highest BCUT2D eigenvalue weighted by molar-refractivity contribution is 5.99. The summed E-state index contributed by atoms with van der Waals surface area (Å²) in [4.78, 5) is 16.4. The van der Waals surface area contributed by atoms with Crippen molar-refractivity contribution in [2.45, 2.75) is 38.0 Å². The van der Waals surface area contributed by atoms with E-state index in [1.54, 1.807) is 0 Å². The molecule has 3 rings (SSSR count). The molecule has 0 bridgehead atoms. The van der Waals surface area contributed by atoms with E-state index in [0.717, 1.165) is 12.3 Å². The zero-order chi connectivity index (χ0) is 18.9. The summed E-state index contributed by atoms with van der Waals surface area (Å²) in [5, 5.41) is 14.2. The van der Waals surface area contributed by atoms with E-state index in [0.29, 0.717) is 23.8 Å². The molecule has 0 saturated heterocycles. The minimum Gasteiger partial charge on any atom is -0.352 e. The van der Waals surface area contributed by atoms with Gasteiger partial charge < -0.3 is 5.32 Å². The summed E-state index contributed by atoms with van der Waals surface area (Å²) >= 11 is 0. The summed E-state index contributed by atoms with van der Waals surface area (Å²) in [5.41, 5.74) is -1.55. The average molecular weight is 364 g/mol. The topological polar surface area (TPSA) is 84.0 Å². The molecule has 7 nitrogen and oxygen atoms in total. The zero-order valence-corrected chi connectivity index (χ0v) is 13.8. The van der Waals surface area contributed by atoms with Crippen LogP contribution in [0.4, 0.5) is 13.2 Å². The van der Waals surface area contributed by atoms with Gasteiger partial charge in [-0.2, -0.15) is 28.5 Å². The Morgan fingerprint density at radius 3 is 2.73 bits per heavy atom. The largest absolute Gasteiger partial charge is 0.433 e. The molecule has 10 heteroatoms. The second-order valence-corrected chi connectivity index (χ2v) is 5.97. The molecular weight excluding hydrogens is 349 g/mol. The highest BCUT2D eigenvalue weighted by Crippen LogP contribution is 2.36. The number of terminal acetylenes is 1. The van der Waals surface area contributed by atoms with Gasteiger partial charge in [-0.05, 0) is 13.0 Å². The zero-order valence-electron chi connectivity index (χ0n) is 13.8. The second-order valence-electron chi connectivity index (χ2n) is 5.97. The summed E-state index contributed by atoms with van der Waals surface area (Å²) in [6.07, 6.45) is 3.28. The number of amides is 1. The maximum Gasteiger partial charge on any atom is 0.433 e. The molecule has 1 aliphatic heterocycles. The van der Waals surface area contributed by atoms with Crippen molar-refractivity contribution in [1.82, 2.24) is 19.9 Å². The number of hydrogen-bond donors (Lipinski definition) is 1. The molecule has 136 valence electrons. The van der Waals surface area contributed by atoms with Crippen LogP contribution in [-0.2, 0) is 6.18 Å². The van der Waals surface area contributed by atoms with E-state index in [1.807, 2.05) is 0 Å². The van der Waals surface area contributed by atoms with E-state index in [2.05, 4.69) is 31.5 Å². The number of nitrogens with one attached hydrogen (secondary N) is 1. The summed E-state index contributed by atoms with van der Waals surface area (Å²) in [6, 6.07) is 0.882. The molecule has 0 aromatic carbocycles. The molecule has 1 aliphatic rings. The normalized spacial score (nSPS) is 15.0. The Bertz CT molecular complexity index is 918. The van der Waals surface area contributed by atoms with Gasteiger partial charge in [-0.25, -0.2) is 9.50 Å². The lowest BCUT2D eigenvalue weighted by Gasteiger charge is -2.11. The summed E-state index contributed by atoms with van der Waals surface area (Å²) in [6.45, 7) is 1.68. The van der Waals surface area contributed by atoms with Crippen molar-refractivity contribution in [3.63, 3.8) is 0 Å². The van der Waals surface area contributed by atoms with Gasteiger partial charge in [0.25, 0.3) is 5.91 Å². The number of hydrogen-bond acceptors (Lipinski definition) is 5. The van der Waals surface area contributed by atoms with Crippen LogP contribution in [-0.4, -0.2) is 32.7 Å². The Balaban J connectivity index is 1.73. The number of halogens is 3. The van der Waals surface area contributed by atoms with Crippen LogP contribution in [0.1, 0.15) is 41.0 Å². The molecule has 0 aliphatic carbocycles. The van der Waals surface area contributed by atoms with Gasteiger partial charge in [-0.3, -0.25) is 4.79 Å². The fraction of sp³-hybridized carbons (Fsp3) is 0.438. The number of nitrogens with zero attached hydrogens (tertiary/aromatic N) is 5. The van der Waals surface area contributed by atoms with Crippen molar-refractivity contribution in [2.75, 3.05) is 6.54 Å². The molecule has 0 radical (unpaired) electrons. The van der Waals surface area contributed by atoms with Gasteiger partial charge in [0.1, 0.15) is 11.3 Å². The Morgan fingerprint density at radius 2 is 2.12 bits per heavy atom. The van der Waals surface area contributed by atoms with Gasteiger partial charge in [0.2, 0.25) is 0 Å². The molecule has 1 amide bonds. The second kappa shape index (κ2) is 6.40. The third-order valence-electron chi connectivity index (χ3n) is 4.00. The molecule has 0 spiro atoms. The van der Waals surface area contributed by atoms with E-state index in [4.69, 9.17) is 6.42 Å². The average Bonchev–Trinajstić information content (AvgIpc) is 3.21. The maximum atomic E-state index is 13.1. The predicted octanol–water partition coefficient (Wildman–Crippen LogP) is 2.75. The van der Waals surface area contributed by atoms with Crippen LogP contribution in [0.5, 0.6) is 0 Å². The molecule has 0 unspecified atom stereocenters. The van der Waals surface area contributed by atoms with Crippen LogP contribution in [0.15, 0.2) is 22.5 Å². The minimum atomic E-state index is -4.61. The predicted molar refractivity (Wildman–Crippen MR) is 85.3 cm³/mol. The molecule has 3 heterocycles. The summed E-state index contributed by atoms with van der Waals surface area (Å²) in [5.74, 6) is 1.95. The Hall–Kier alpha value is -2.96. The smallest absolute Gasteiger partial charge is 0.352 e. The molecule has 0 fully saturated rings. The lowest BCUT2D eigenvalue weighted by Crippen LogP contribution is -2.28. The fourth-order valence-electron chi connectivity index (χ4n) is 2.59. The lowest BCUT2D eigenvalue weighted by molar-refractivity contribution is -0.142. The number of rotatable bonds is 6. The number of aromatic nitrogens is 3. The highest BCUT2D eigenvalue weighted by atomic mass is 19.4. The van der Waals surface area contributed by atoms with Crippen LogP contribution in [0.3, 0.4) is 0 Å². The van der Waals surface area contributed by atoms with Gasteiger partial charge in [-0.1, -0.05) is 0 Å². The maximum absolute atomic E-state index is 13.1. The Morgan fingerprint density at radius 1 is 1.38 bits per heavy atom. The first-order chi connectivity index (χ1) is 12.3. The lowest BCUT2D eigenvalue weighted by atomic mass is 10.0. The van der Waals surface area contributed by atoms with Crippen molar-refractivity contribution in [2.24, 2.45) is 10.2 Å². The fourth-order valence-corrected chi connectivity index (χ4v) is 2.59. The van der Waals surface area contributed by atoms with E-state index < -0.39 is 23.4 Å². The van der Waals surface area contributed by atoms with Crippen LogP contribution in [0.25, 0.3) is 5.65 Å². The van der Waals surface area contributed by atoms with E-state index in [9.17, 15) is 18.0 Å². The van der Waals surface area contributed by atoms with Gasteiger partial charge in [0.05, 0.1) is 6.20 Å².